The highest BCUT2D eigenvalue weighted by atomic mass is 19.4. The maximum absolute atomic E-state index is 12.0. The van der Waals surface area contributed by atoms with Crippen LogP contribution in [0.2, 0.25) is 0 Å². The van der Waals surface area contributed by atoms with Gasteiger partial charge in [0.25, 0.3) is 0 Å². The van der Waals surface area contributed by atoms with Crippen molar-refractivity contribution in [3.05, 3.63) is 42.0 Å². The van der Waals surface area contributed by atoms with Crippen LogP contribution in [0, 0.1) is 0 Å². The summed E-state index contributed by atoms with van der Waals surface area (Å²) in [6.07, 6.45) is 1.38. The smallest absolute Gasteiger partial charge is 0.406 e. The van der Waals surface area contributed by atoms with E-state index in [1.165, 1.54) is 12.1 Å². The van der Waals surface area contributed by atoms with Gasteiger partial charge in [-0.3, -0.25) is 0 Å². The number of rotatable bonds is 5. The predicted molar refractivity (Wildman–Crippen MR) is 65.6 cm³/mol. The SMILES string of the molecule is CC/C=C/C(CC)c1ccc(OC(F)(F)F)cc1. The molecule has 1 rings (SSSR count). The number of benzene rings is 1. The van der Waals surface area contributed by atoms with Crippen LogP contribution >= 0.6 is 0 Å². The fourth-order valence-corrected chi connectivity index (χ4v) is 1.70. The molecule has 0 radical (unpaired) electrons. The molecular weight excluding hydrogens is 241 g/mol. The van der Waals surface area contributed by atoms with Crippen molar-refractivity contribution < 1.29 is 17.9 Å². The molecule has 4 heteroatoms. The van der Waals surface area contributed by atoms with Gasteiger partial charge in [0.05, 0.1) is 0 Å². The molecule has 1 aromatic carbocycles. The van der Waals surface area contributed by atoms with E-state index in [0.29, 0.717) is 0 Å². The molecule has 1 unspecified atom stereocenters. The number of ether oxygens (including phenoxy) is 1. The van der Waals surface area contributed by atoms with Crippen LogP contribution in [0.4, 0.5) is 13.2 Å². The van der Waals surface area contributed by atoms with Gasteiger partial charge in [0.15, 0.2) is 0 Å². The first-order valence-corrected chi connectivity index (χ1v) is 5.98. The first kappa shape index (κ1) is 14.6. The zero-order chi connectivity index (χ0) is 13.6. The Balaban J connectivity index is 2.77. The Morgan fingerprint density at radius 3 is 2.22 bits per heavy atom. The van der Waals surface area contributed by atoms with Gasteiger partial charge in [-0.1, -0.05) is 38.1 Å². The normalized spacial score (nSPS) is 13.8. The van der Waals surface area contributed by atoms with Gasteiger partial charge in [0.2, 0.25) is 0 Å². The lowest BCUT2D eigenvalue weighted by atomic mass is 9.96. The molecule has 1 atom stereocenters. The molecule has 0 saturated carbocycles. The maximum atomic E-state index is 12.0. The van der Waals surface area contributed by atoms with Crippen LogP contribution in [0.3, 0.4) is 0 Å². The molecule has 0 heterocycles. The third-order valence-electron chi connectivity index (χ3n) is 2.59. The number of allylic oxidation sites excluding steroid dienone is 2. The molecule has 0 N–H and O–H groups in total. The monoisotopic (exact) mass is 258 g/mol. The first-order chi connectivity index (χ1) is 8.46. The van der Waals surface area contributed by atoms with Crippen molar-refractivity contribution in [3.63, 3.8) is 0 Å². The van der Waals surface area contributed by atoms with Crippen molar-refractivity contribution in [2.45, 2.75) is 39.0 Å². The lowest BCUT2D eigenvalue weighted by Gasteiger charge is -2.13. The highest BCUT2D eigenvalue weighted by molar-refractivity contribution is 5.31. The van der Waals surface area contributed by atoms with Crippen molar-refractivity contribution in [1.82, 2.24) is 0 Å². The standard InChI is InChI=1S/C14H17F3O/c1-3-5-6-11(4-2)12-7-9-13(10-8-12)18-14(15,16)17/h5-11H,3-4H2,1-2H3/b6-5+. The van der Waals surface area contributed by atoms with Gasteiger partial charge in [-0.25, -0.2) is 0 Å². The number of alkyl halides is 3. The highest BCUT2D eigenvalue weighted by Gasteiger charge is 2.30. The van der Waals surface area contributed by atoms with Crippen LogP contribution in [-0.4, -0.2) is 6.36 Å². The lowest BCUT2D eigenvalue weighted by molar-refractivity contribution is -0.274. The Morgan fingerprint density at radius 2 is 1.78 bits per heavy atom. The Hall–Kier alpha value is -1.45. The minimum absolute atomic E-state index is 0.180. The van der Waals surface area contributed by atoms with Crippen LogP contribution in [0.5, 0.6) is 5.75 Å². The molecule has 0 bridgehead atoms. The van der Waals surface area contributed by atoms with Gasteiger partial charge >= 0.3 is 6.36 Å². The van der Waals surface area contributed by atoms with Crippen molar-refractivity contribution in [3.8, 4) is 5.75 Å². The van der Waals surface area contributed by atoms with Crippen LogP contribution in [-0.2, 0) is 0 Å². The number of hydrogen-bond donors (Lipinski definition) is 0. The molecule has 0 amide bonds. The van der Waals surface area contributed by atoms with Crippen molar-refractivity contribution in [2.75, 3.05) is 0 Å². The lowest BCUT2D eigenvalue weighted by Crippen LogP contribution is -2.17. The summed E-state index contributed by atoms with van der Waals surface area (Å²) in [5.41, 5.74) is 0.997. The van der Waals surface area contributed by atoms with Crippen molar-refractivity contribution in [1.29, 1.82) is 0 Å². The molecule has 0 aromatic heterocycles. The van der Waals surface area contributed by atoms with Crippen LogP contribution in [0.25, 0.3) is 0 Å². The van der Waals surface area contributed by atoms with E-state index in [9.17, 15) is 13.2 Å². The molecule has 0 aliphatic heterocycles. The van der Waals surface area contributed by atoms with Gasteiger partial charge in [-0.15, -0.1) is 13.2 Å². The summed E-state index contributed by atoms with van der Waals surface area (Å²) in [6, 6.07) is 6.06. The molecule has 1 aromatic rings. The molecule has 100 valence electrons. The Bertz CT molecular complexity index is 379. The maximum Gasteiger partial charge on any atom is 0.573 e. The Labute approximate surface area is 105 Å². The molecule has 18 heavy (non-hydrogen) atoms. The molecule has 0 saturated heterocycles. The van der Waals surface area contributed by atoms with Gasteiger partial charge in [-0.2, -0.15) is 0 Å². The van der Waals surface area contributed by atoms with Crippen molar-refractivity contribution >= 4 is 0 Å². The van der Waals surface area contributed by atoms with Gasteiger partial charge in [0.1, 0.15) is 5.75 Å². The number of hydrogen-bond acceptors (Lipinski definition) is 1. The second kappa shape index (κ2) is 6.47. The summed E-state index contributed by atoms with van der Waals surface area (Å²) < 4.78 is 39.8. The average molecular weight is 258 g/mol. The van der Waals surface area contributed by atoms with Crippen LogP contribution < -0.4 is 4.74 Å². The molecule has 0 spiro atoms. The summed E-state index contributed by atoms with van der Waals surface area (Å²) in [7, 11) is 0. The topological polar surface area (TPSA) is 9.23 Å². The molecule has 0 aliphatic carbocycles. The van der Waals surface area contributed by atoms with E-state index in [4.69, 9.17) is 0 Å². The predicted octanol–water partition coefficient (Wildman–Crippen LogP) is 5.05. The van der Waals surface area contributed by atoms with Crippen LogP contribution in [0.1, 0.15) is 38.2 Å². The zero-order valence-electron chi connectivity index (χ0n) is 10.5. The Morgan fingerprint density at radius 1 is 1.17 bits per heavy atom. The molecule has 1 nitrogen and oxygen atoms in total. The van der Waals surface area contributed by atoms with E-state index >= 15 is 0 Å². The molecule has 0 fully saturated rings. The van der Waals surface area contributed by atoms with E-state index in [1.54, 1.807) is 12.1 Å². The van der Waals surface area contributed by atoms with Gasteiger partial charge < -0.3 is 4.74 Å². The number of halogens is 3. The second-order valence-corrected chi connectivity index (χ2v) is 3.97. The summed E-state index contributed by atoms with van der Waals surface area (Å²) in [5, 5.41) is 0. The third kappa shape index (κ3) is 4.82. The fourth-order valence-electron chi connectivity index (χ4n) is 1.70. The second-order valence-electron chi connectivity index (χ2n) is 3.97. The largest absolute Gasteiger partial charge is 0.573 e. The van der Waals surface area contributed by atoms with E-state index in [0.717, 1.165) is 18.4 Å². The van der Waals surface area contributed by atoms with E-state index in [2.05, 4.69) is 16.9 Å². The summed E-state index contributed by atoms with van der Waals surface area (Å²) in [4.78, 5) is 0. The van der Waals surface area contributed by atoms with Crippen LogP contribution in [0.15, 0.2) is 36.4 Å². The van der Waals surface area contributed by atoms with E-state index < -0.39 is 6.36 Å². The fraction of sp³-hybridized carbons (Fsp3) is 0.429. The first-order valence-electron chi connectivity index (χ1n) is 5.98. The summed E-state index contributed by atoms with van der Waals surface area (Å²) in [5.74, 6) is 0.0606. The summed E-state index contributed by atoms with van der Waals surface area (Å²) >= 11 is 0. The molecular formula is C14H17F3O. The van der Waals surface area contributed by atoms with Gasteiger partial charge in [-0.05, 0) is 30.5 Å². The van der Waals surface area contributed by atoms with Crippen molar-refractivity contribution in [2.24, 2.45) is 0 Å². The Kier molecular flexibility index (Phi) is 5.25. The van der Waals surface area contributed by atoms with E-state index in [-0.39, 0.29) is 11.7 Å². The zero-order valence-corrected chi connectivity index (χ0v) is 10.5. The highest BCUT2D eigenvalue weighted by Crippen LogP contribution is 2.26. The average Bonchev–Trinajstić information content (AvgIpc) is 2.30. The third-order valence-corrected chi connectivity index (χ3v) is 2.59. The van der Waals surface area contributed by atoms with Gasteiger partial charge in [0, 0.05) is 5.92 Å². The quantitative estimate of drug-likeness (QED) is 0.672. The minimum Gasteiger partial charge on any atom is -0.406 e. The minimum atomic E-state index is -4.63. The molecule has 0 aliphatic rings. The summed E-state index contributed by atoms with van der Waals surface area (Å²) in [6.45, 7) is 4.09. The van der Waals surface area contributed by atoms with E-state index in [1.807, 2.05) is 13.8 Å².